The normalized spacial score (nSPS) is 18.5. The van der Waals surface area contributed by atoms with E-state index < -0.39 is 17.6 Å². The average Bonchev–Trinajstić information content (AvgIpc) is 3.02. The summed E-state index contributed by atoms with van der Waals surface area (Å²) in [6.45, 7) is 0. The van der Waals surface area contributed by atoms with Crippen LogP contribution >= 0.6 is 0 Å². The highest BCUT2D eigenvalue weighted by molar-refractivity contribution is 6.22. The molecule has 1 aliphatic heterocycles. The van der Waals surface area contributed by atoms with Crippen LogP contribution in [-0.2, 0) is 9.59 Å². The van der Waals surface area contributed by atoms with Crippen molar-refractivity contribution in [3.63, 3.8) is 0 Å². The van der Waals surface area contributed by atoms with E-state index >= 15 is 0 Å². The topological polar surface area (TPSA) is 94.9 Å². The van der Waals surface area contributed by atoms with E-state index in [2.05, 4.69) is 0 Å². The molecule has 0 spiro atoms. The second kappa shape index (κ2) is 6.56. The Bertz CT molecular complexity index is 1160. The molecule has 1 aliphatic carbocycles. The lowest BCUT2D eigenvalue weighted by Crippen LogP contribution is -2.33. The van der Waals surface area contributed by atoms with Gasteiger partial charge in [-0.05, 0) is 35.4 Å². The molecule has 2 amide bonds. The molecule has 3 aromatic rings. The Kier molecular flexibility index (Phi) is 3.96. The number of carbonyl (C=O) groups is 3. The highest BCUT2D eigenvalue weighted by atomic mass is 16.3. The molecule has 1 saturated heterocycles. The summed E-state index contributed by atoms with van der Waals surface area (Å²) in [5, 5.41) is 20.8. The van der Waals surface area contributed by atoms with Crippen LogP contribution in [0.1, 0.15) is 39.4 Å². The van der Waals surface area contributed by atoms with Gasteiger partial charge in [-0.3, -0.25) is 19.3 Å². The van der Waals surface area contributed by atoms with Crippen LogP contribution in [0.25, 0.3) is 0 Å². The van der Waals surface area contributed by atoms with Crippen molar-refractivity contribution in [3.8, 4) is 11.5 Å². The molecule has 0 radical (unpaired) electrons. The molecule has 30 heavy (non-hydrogen) atoms. The third kappa shape index (κ3) is 2.47. The van der Waals surface area contributed by atoms with Crippen molar-refractivity contribution in [2.24, 2.45) is 5.92 Å². The van der Waals surface area contributed by atoms with Crippen molar-refractivity contribution in [3.05, 3.63) is 89.0 Å². The number of rotatable bonds is 2. The van der Waals surface area contributed by atoms with Crippen molar-refractivity contribution >= 4 is 23.3 Å². The van der Waals surface area contributed by atoms with Gasteiger partial charge >= 0.3 is 0 Å². The number of anilines is 1. The summed E-state index contributed by atoms with van der Waals surface area (Å²) in [5.74, 6) is -3.01. The lowest BCUT2D eigenvalue weighted by atomic mass is 9.70. The van der Waals surface area contributed by atoms with E-state index in [1.54, 1.807) is 54.6 Å². The maximum atomic E-state index is 13.4. The fourth-order valence-corrected chi connectivity index (χ4v) is 4.62. The van der Waals surface area contributed by atoms with Gasteiger partial charge in [-0.15, -0.1) is 0 Å². The Labute approximate surface area is 172 Å². The van der Waals surface area contributed by atoms with Gasteiger partial charge in [0.1, 0.15) is 11.5 Å². The number of para-hydroxylation sites is 1. The van der Waals surface area contributed by atoms with Crippen molar-refractivity contribution in [2.45, 2.75) is 12.3 Å². The predicted molar refractivity (Wildman–Crippen MR) is 109 cm³/mol. The van der Waals surface area contributed by atoms with Crippen molar-refractivity contribution in [2.75, 3.05) is 4.90 Å². The summed E-state index contributed by atoms with van der Waals surface area (Å²) in [4.78, 5) is 40.4. The molecule has 2 N–H and O–H groups in total. The summed E-state index contributed by atoms with van der Waals surface area (Å²) >= 11 is 0. The first-order valence-electron chi connectivity index (χ1n) is 9.59. The Morgan fingerprint density at radius 3 is 1.87 bits per heavy atom. The third-order valence-electron chi connectivity index (χ3n) is 5.87. The molecule has 0 aromatic heterocycles. The Hall–Kier alpha value is -3.93. The molecular weight excluding hydrogens is 382 g/mol. The Morgan fingerprint density at radius 2 is 1.30 bits per heavy atom. The smallest absolute Gasteiger partial charge is 0.238 e. The fourth-order valence-electron chi connectivity index (χ4n) is 4.62. The number of fused-ring (bicyclic) bond motifs is 2. The molecule has 0 saturated carbocycles. The maximum absolute atomic E-state index is 13.4. The first-order chi connectivity index (χ1) is 14.5. The third-order valence-corrected chi connectivity index (χ3v) is 5.87. The van der Waals surface area contributed by atoms with E-state index in [0.717, 1.165) is 0 Å². The lowest BCUT2D eigenvalue weighted by Gasteiger charge is -2.31. The molecule has 6 nitrogen and oxygen atoms in total. The number of hydrogen-bond acceptors (Lipinski definition) is 5. The van der Waals surface area contributed by atoms with Crippen LogP contribution in [0.5, 0.6) is 11.5 Å². The molecule has 0 bridgehead atoms. The van der Waals surface area contributed by atoms with Gasteiger partial charge in [0.25, 0.3) is 0 Å². The molecule has 1 unspecified atom stereocenters. The van der Waals surface area contributed by atoms with E-state index in [-0.39, 0.29) is 40.9 Å². The van der Waals surface area contributed by atoms with Crippen LogP contribution in [0.4, 0.5) is 5.69 Å². The highest BCUT2D eigenvalue weighted by Crippen LogP contribution is 2.48. The average molecular weight is 399 g/mol. The van der Waals surface area contributed by atoms with E-state index in [9.17, 15) is 24.6 Å². The van der Waals surface area contributed by atoms with E-state index in [1.807, 2.05) is 0 Å². The SMILES string of the molecule is O=C1c2c(O)cccc2C(C2CC(=O)N(c3ccccc3)C2=O)c2cccc(O)c21. The van der Waals surface area contributed by atoms with Crippen LogP contribution in [0, 0.1) is 5.92 Å². The van der Waals surface area contributed by atoms with E-state index in [0.29, 0.717) is 16.8 Å². The summed E-state index contributed by atoms with van der Waals surface area (Å²) in [6.07, 6.45) is -0.0310. The molecule has 1 heterocycles. The minimum Gasteiger partial charge on any atom is -0.507 e. The monoisotopic (exact) mass is 399 g/mol. The first kappa shape index (κ1) is 18.1. The molecule has 3 aromatic carbocycles. The highest BCUT2D eigenvalue weighted by Gasteiger charge is 2.48. The summed E-state index contributed by atoms with van der Waals surface area (Å²) in [6, 6.07) is 18.1. The predicted octanol–water partition coefficient (Wildman–Crippen LogP) is 3.35. The zero-order chi connectivity index (χ0) is 21.0. The number of imide groups is 1. The van der Waals surface area contributed by atoms with Crippen LogP contribution in [-0.4, -0.2) is 27.8 Å². The molecule has 148 valence electrons. The minimum absolute atomic E-state index is 0.0310. The zero-order valence-corrected chi connectivity index (χ0v) is 15.8. The molecule has 1 fully saturated rings. The van der Waals surface area contributed by atoms with Crippen molar-refractivity contribution < 1.29 is 24.6 Å². The molecular formula is C24H17NO5. The van der Waals surface area contributed by atoms with Crippen molar-refractivity contribution in [1.82, 2.24) is 0 Å². The van der Waals surface area contributed by atoms with Crippen LogP contribution in [0.15, 0.2) is 66.7 Å². The minimum atomic E-state index is -0.757. The van der Waals surface area contributed by atoms with Crippen LogP contribution in [0.2, 0.25) is 0 Å². The van der Waals surface area contributed by atoms with Gasteiger partial charge in [-0.25, -0.2) is 0 Å². The largest absolute Gasteiger partial charge is 0.507 e. The molecule has 6 heteroatoms. The summed E-state index contributed by atoms with van der Waals surface area (Å²) < 4.78 is 0. The number of hydrogen-bond donors (Lipinski definition) is 2. The van der Waals surface area contributed by atoms with Gasteiger partial charge in [-0.1, -0.05) is 42.5 Å². The standard InChI is InChI=1S/C24H17NO5/c26-17-10-4-8-14-20(15-9-5-11-18(27)22(15)23(29)21(14)17)16-12-19(28)25(24(16)30)13-6-2-1-3-7-13/h1-11,16,20,26-27H,12H2. The number of phenols is 2. The number of ketones is 1. The number of amides is 2. The van der Waals surface area contributed by atoms with Gasteiger partial charge in [0.2, 0.25) is 17.6 Å². The van der Waals surface area contributed by atoms with Gasteiger partial charge < -0.3 is 10.2 Å². The van der Waals surface area contributed by atoms with Gasteiger partial charge in [0, 0.05) is 12.3 Å². The number of benzene rings is 3. The first-order valence-corrected chi connectivity index (χ1v) is 9.59. The summed E-state index contributed by atoms with van der Waals surface area (Å²) in [7, 11) is 0. The van der Waals surface area contributed by atoms with Gasteiger partial charge in [0.15, 0.2) is 0 Å². The maximum Gasteiger partial charge on any atom is 0.238 e. The Balaban J connectivity index is 1.69. The zero-order valence-electron chi connectivity index (χ0n) is 15.8. The second-order valence-electron chi connectivity index (χ2n) is 7.50. The van der Waals surface area contributed by atoms with E-state index in [1.165, 1.54) is 17.0 Å². The molecule has 1 atom stereocenters. The van der Waals surface area contributed by atoms with Gasteiger partial charge in [-0.2, -0.15) is 0 Å². The molecule has 2 aliphatic rings. The van der Waals surface area contributed by atoms with Crippen LogP contribution in [0.3, 0.4) is 0 Å². The van der Waals surface area contributed by atoms with Gasteiger partial charge in [0.05, 0.1) is 22.7 Å². The number of nitrogens with zero attached hydrogens (tertiary/aromatic N) is 1. The second-order valence-corrected chi connectivity index (χ2v) is 7.50. The van der Waals surface area contributed by atoms with Crippen LogP contribution < -0.4 is 4.90 Å². The fraction of sp³-hybridized carbons (Fsp3) is 0.125. The Morgan fingerprint density at radius 1 is 0.733 bits per heavy atom. The number of phenolic OH excluding ortho intramolecular Hbond substituents is 2. The molecule has 5 rings (SSSR count). The quantitative estimate of drug-likeness (QED) is 0.645. The van der Waals surface area contributed by atoms with Crippen molar-refractivity contribution in [1.29, 1.82) is 0 Å². The lowest BCUT2D eigenvalue weighted by molar-refractivity contribution is -0.122. The number of carbonyl (C=O) groups excluding carboxylic acids is 3. The number of aromatic hydroxyl groups is 2. The summed E-state index contributed by atoms with van der Waals surface area (Å²) in [5.41, 5.74) is 1.59. The van der Waals surface area contributed by atoms with E-state index in [4.69, 9.17) is 0 Å².